The Bertz CT molecular complexity index is 957. The van der Waals surface area contributed by atoms with Gasteiger partial charge in [-0.15, -0.1) is 0 Å². The fourth-order valence-electron chi connectivity index (χ4n) is 4.05. The second-order valence-corrected chi connectivity index (χ2v) is 11.1. The normalized spacial score (nSPS) is 11.9. The molecule has 0 aliphatic carbocycles. The molecule has 28 heavy (non-hydrogen) atoms. The number of benzene rings is 4. The number of hydrogen-bond donors (Lipinski definition) is 1. The molecule has 0 aliphatic heterocycles. The van der Waals surface area contributed by atoms with Crippen LogP contribution in [-0.4, -0.2) is 5.11 Å². The molecule has 0 saturated carbocycles. The van der Waals surface area contributed by atoms with E-state index >= 15 is 0 Å². The fourth-order valence-corrected chi connectivity index (χ4v) is 8.77. The molecule has 0 atom stereocenters. The van der Waals surface area contributed by atoms with Crippen LogP contribution < -0.4 is 15.9 Å². The summed E-state index contributed by atoms with van der Waals surface area (Å²) in [4.78, 5) is 0. The summed E-state index contributed by atoms with van der Waals surface area (Å²) < 4.78 is 0. The molecule has 0 fully saturated rings. The van der Waals surface area contributed by atoms with Crippen molar-refractivity contribution < 1.29 is 5.11 Å². The van der Waals surface area contributed by atoms with E-state index in [0.29, 0.717) is 0 Å². The van der Waals surface area contributed by atoms with Crippen molar-refractivity contribution in [2.75, 3.05) is 0 Å². The first-order valence-electron chi connectivity index (χ1n) is 9.68. The van der Waals surface area contributed by atoms with Gasteiger partial charge >= 0.3 is 167 Å². The first-order chi connectivity index (χ1) is 13.8. The molecule has 0 saturated heterocycles. The Hall–Kier alpha value is -2.73. The Morgan fingerprint density at radius 3 is 1.36 bits per heavy atom. The summed E-state index contributed by atoms with van der Waals surface area (Å²) in [5.41, 5.74) is 2.31. The van der Waals surface area contributed by atoms with Crippen molar-refractivity contribution in [2.45, 2.75) is 12.8 Å². The van der Waals surface area contributed by atoms with Crippen molar-refractivity contribution in [3.63, 3.8) is 0 Å². The van der Waals surface area contributed by atoms with Crippen molar-refractivity contribution in [1.29, 1.82) is 0 Å². The minimum absolute atomic E-state index is 0.0736. The molecular weight excluding hydrogens is 359 g/mol. The third kappa shape index (κ3) is 3.64. The maximum atomic E-state index is 9.51. The van der Waals surface area contributed by atoms with Crippen LogP contribution in [-0.2, 0) is 12.8 Å². The van der Waals surface area contributed by atoms with Crippen LogP contribution in [0, 0.1) is 0 Å². The van der Waals surface area contributed by atoms with Crippen molar-refractivity contribution in [2.24, 2.45) is 0 Å². The average molecular weight is 384 g/mol. The Balaban J connectivity index is 1.98. The Kier molecular flexibility index (Phi) is 5.67. The van der Waals surface area contributed by atoms with Crippen LogP contribution in [0.5, 0.6) is 0 Å². The van der Waals surface area contributed by atoms with Crippen LogP contribution >= 0.6 is 7.26 Å². The summed E-state index contributed by atoms with van der Waals surface area (Å²) in [5.74, 6) is 0. The van der Waals surface area contributed by atoms with E-state index in [9.17, 15) is 5.11 Å². The molecule has 1 nitrogen and oxygen atoms in total. The summed E-state index contributed by atoms with van der Waals surface area (Å²) in [5, 5.41) is 13.7. The summed E-state index contributed by atoms with van der Waals surface area (Å²) in [7, 11) is -2.28. The number of aliphatic hydroxyl groups is 1. The van der Waals surface area contributed by atoms with Gasteiger partial charge in [0.1, 0.15) is 0 Å². The first kappa shape index (κ1) is 18.6. The first-order valence-corrected chi connectivity index (χ1v) is 11.9. The molecule has 140 valence electrons. The molecule has 0 aliphatic rings. The molecule has 0 aromatic heterocycles. The van der Waals surface area contributed by atoms with Gasteiger partial charge in [0.05, 0.1) is 0 Å². The minimum atomic E-state index is -2.28. The Morgan fingerprint density at radius 2 is 0.893 bits per heavy atom. The second-order valence-electron chi connectivity index (χ2n) is 7.15. The Labute approximate surface area is 167 Å². The quantitative estimate of drug-likeness (QED) is 0.489. The van der Waals surface area contributed by atoms with Gasteiger partial charge in [-0.3, -0.25) is 0 Å². The maximum absolute atomic E-state index is 9.51. The van der Waals surface area contributed by atoms with Crippen LogP contribution in [0.4, 0.5) is 0 Å². The van der Waals surface area contributed by atoms with Crippen molar-refractivity contribution in [1.82, 2.24) is 0 Å². The van der Waals surface area contributed by atoms with E-state index < -0.39 is 7.26 Å². The van der Waals surface area contributed by atoms with Crippen molar-refractivity contribution in [3.05, 3.63) is 126 Å². The van der Waals surface area contributed by atoms with E-state index in [-0.39, 0.29) is 6.61 Å². The standard InChI is InChI=1S/C26H25OP/c27-20-22-16-18-26(19-17-22)28(24-12-6-2-7-13-24,25-14-8-3-9-15-25)21-23-10-4-1-5-11-23/h1-19,27-28H,20-21H2. The number of aliphatic hydroxyl groups excluding tert-OH is 1. The van der Waals surface area contributed by atoms with E-state index in [1.165, 1.54) is 21.5 Å². The molecule has 1 N–H and O–H groups in total. The second kappa shape index (κ2) is 8.52. The third-order valence-electron chi connectivity index (χ3n) is 5.47. The van der Waals surface area contributed by atoms with Gasteiger partial charge in [-0.2, -0.15) is 0 Å². The zero-order chi connectivity index (χ0) is 19.2. The molecule has 0 amide bonds. The van der Waals surface area contributed by atoms with Crippen LogP contribution in [0.2, 0.25) is 0 Å². The zero-order valence-electron chi connectivity index (χ0n) is 15.8. The predicted molar refractivity (Wildman–Crippen MR) is 123 cm³/mol. The molecule has 4 aromatic carbocycles. The molecule has 0 spiro atoms. The van der Waals surface area contributed by atoms with E-state index in [2.05, 4.69) is 115 Å². The van der Waals surface area contributed by atoms with Crippen LogP contribution in [0.25, 0.3) is 0 Å². The predicted octanol–water partition coefficient (Wildman–Crippen LogP) is 4.41. The fraction of sp³-hybridized carbons (Fsp3) is 0.0769. The van der Waals surface area contributed by atoms with Crippen LogP contribution in [0.1, 0.15) is 11.1 Å². The van der Waals surface area contributed by atoms with Crippen LogP contribution in [0.15, 0.2) is 115 Å². The van der Waals surface area contributed by atoms with Crippen molar-refractivity contribution in [3.8, 4) is 0 Å². The molecular formula is C26H25OP. The van der Waals surface area contributed by atoms with E-state index in [1.54, 1.807) is 0 Å². The average Bonchev–Trinajstić information content (AvgIpc) is 2.79. The van der Waals surface area contributed by atoms with Gasteiger partial charge in [-0.1, -0.05) is 0 Å². The third-order valence-corrected chi connectivity index (χ3v) is 10.4. The van der Waals surface area contributed by atoms with E-state index in [1.807, 2.05) is 0 Å². The summed E-state index contributed by atoms with van der Waals surface area (Å²) in [6.45, 7) is 0.0736. The van der Waals surface area contributed by atoms with Gasteiger partial charge in [0, 0.05) is 0 Å². The summed E-state index contributed by atoms with van der Waals surface area (Å²) in [6.07, 6.45) is 1.00. The molecule has 0 radical (unpaired) electrons. The van der Waals surface area contributed by atoms with Crippen LogP contribution in [0.3, 0.4) is 0 Å². The van der Waals surface area contributed by atoms with Gasteiger partial charge in [-0.25, -0.2) is 0 Å². The zero-order valence-corrected chi connectivity index (χ0v) is 16.8. The van der Waals surface area contributed by atoms with E-state index in [0.717, 1.165) is 11.7 Å². The molecule has 4 rings (SSSR count). The topological polar surface area (TPSA) is 20.2 Å². The van der Waals surface area contributed by atoms with E-state index in [4.69, 9.17) is 0 Å². The SMILES string of the molecule is OCc1ccc([PH](Cc2ccccc2)(c2ccccc2)c2ccccc2)cc1. The van der Waals surface area contributed by atoms with Gasteiger partial charge in [-0.05, 0) is 0 Å². The van der Waals surface area contributed by atoms with Gasteiger partial charge in [0.25, 0.3) is 0 Å². The van der Waals surface area contributed by atoms with Crippen molar-refractivity contribution >= 4 is 23.2 Å². The van der Waals surface area contributed by atoms with Gasteiger partial charge < -0.3 is 0 Å². The molecule has 2 heteroatoms. The van der Waals surface area contributed by atoms with Gasteiger partial charge in [0.15, 0.2) is 0 Å². The molecule has 4 aromatic rings. The molecule has 0 bridgehead atoms. The number of rotatable bonds is 6. The Morgan fingerprint density at radius 1 is 0.464 bits per heavy atom. The number of hydrogen-bond acceptors (Lipinski definition) is 1. The molecule has 0 heterocycles. The summed E-state index contributed by atoms with van der Waals surface area (Å²) >= 11 is 0. The monoisotopic (exact) mass is 384 g/mol. The molecule has 0 unspecified atom stereocenters. The van der Waals surface area contributed by atoms with Gasteiger partial charge in [0.2, 0.25) is 0 Å². The summed E-state index contributed by atoms with van der Waals surface area (Å²) in [6, 6.07) is 41.2.